The van der Waals surface area contributed by atoms with Gasteiger partial charge in [-0.3, -0.25) is 16.0 Å². The summed E-state index contributed by atoms with van der Waals surface area (Å²) in [7, 11) is 0. The number of rotatable bonds is 4. The van der Waals surface area contributed by atoms with Crippen molar-refractivity contribution in [1.82, 2.24) is 16.0 Å². The van der Waals surface area contributed by atoms with E-state index in [9.17, 15) is 0 Å². The summed E-state index contributed by atoms with van der Waals surface area (Å²) >= 11 is 1.86. The van der Waals surface area contributed by atoms with Crippen molar-refractivity contribution in [3.63, 3.8) is 0 Å². The molecule has 3 heterocycles. The van der Waals surface area contributed by atoms with Gasteiger partial charge < -0.3 is 4.42 Å². The Morgan fingerprint density at radius 2 is 1.11 bits per heavy atom. The standard InChI is InChI=1S/C39H29N3OS/c1-3-10-24(11-4-1)37-40-38(25-12-5-2-6-13-25)42-39(41-37)27-18-20-29-31-22-26(19-21-32(31)43-33(29)23-27)28-15-9-17-35-36(28)30-14-7-8-16-34(30)44-35/h1-23,37-42H. The molecule has 6 aromatic carbocycles. The van der Waals surface area contributed by atoms with Gasteiger partial charge >= 0.3 is 0 Å². The molecule has 1 aliphatic rings. The van der Waals surface area contributed by atoms with Gasteiger partial charge in [0, 0.05) is 30.9 Å². The number of furan rings is 1. The van der Waals surface area contributed by atoms with Gasteiger partial charge in [-0.2, -0.15) is 0 Å². The second-order valence-electron chi connectivity index (χ2n) is 11.5. The molecule has 5 heteroatoms. The van der Waals surface area contributed by atoms with Gasteiger partial charge in [0.2, 0.25) is 0 Å². The average Bonchev–Trinajstić information content (AvgIpc) is 3.66. The van der Waals surface area contributed by atoms with Gasteiger partial charge in [0.25, 0.3) is 0 Å². The Bertz CT molecular complexity index is 2240. The minimum atomic E-state index is -0.0793. The Labute approximate surface area is 259 Å². The number of hydrogen-bond donors (Lipinski definition) is 3. The molecule has 4 nitrogen and oxygen atoms in total. The van der Waals surface area contributed by atoms with Gasteiger partial charge in [-0.15, -0.1) is 11.3 Å². The number of thiophene rings is 1. The van der Waals surface area contributed by atoms with Gasteiger partial charge in [0.15, 0.2) is 0 Å². The summed E-state index contributed by atoms with van der Waals surface area (Å²) in [6.07, 6.45) is -0.112. The zero-order valence-corrected chi connectivity index (χ0v) is 24.6. The van der Waals surface area contributed by atoms with Gasteiger partial charge in [-0.25, -0.2) is 0 Å². The highest BCUT2D eigenvalue weighted by atomic mass is 32.1. The summed E-state index contributed by atoms with van der Waals surface area (Å²) in [4.78, 5) is 0. The first-order valence-corrected chi connectivity index (χ1v) is 15.8. The largest absolute Gasteiger partial charge is 0.456 e. The van der Waals surface area contributed by atoms with Crippen LogP contribution in [0.4, 0.5) is 0 Å². The van der Waals surface area contributed by atoms with Crippen LogP contribution in [0.3, 0.4) is 0 Å². The van der Waals surface area contributed by atoms with E-state index in [1.54, 1.807) is 0 Å². The molecule has 0 spiro atoms. The average molecular weight is 588 g/mol. The molecule has 0 bridgehead atoms. The van der Waals surface area contributed by atoms with E-state index < -0.39 is 0 Å². The quantitative estimate of drug-likeness (QED) is 0.192. The van der Waals surface area contributed by atoms with E-state index in [1.807, 2.05) is 11.3 Å². The molecule has 44 heavy (non-hydrogen) atoms. The predicted molar refractivity (Wildman–Crippen MR) is 183 cm³/mol. The van der Waals surface area contributed by atoms with Crippen LogP contribution in [0.5, 0.6) is 0 Å². The number of nitrogens with one attached hydrogen (secondary N) is 3. The third-order valence-electron chi connectivity index (χ3n) is 8.81. The van der Waals surface area contributed by atoms with Crippen LogP contribution in [0.15, 0.2) is 144 Å². The molecule has 0 amide bonds. The lowest BCUT2D eigenvalue weighted by Crippen LogP contribution is -2.54. The molecular formula is C39H29N3OS. The van der Waals surface area contributed by atoms with E-state index in [2.05, 4.69) is 155 Å². The van der Waals surface area contributed by atoms with Crippen molar-refractivity contribution in [3.8, 4) is 11.1 Å². The molecule has 1 saturated heterocycles. The van der Waals surface area contributed by atoms with Crippen molar-refractivity contribution >= 4 is 53.4 Å². The summed E-state index contributed by atoms with van der Waals surface area (Å²) in [5.41, 5.74) is 7.79. The monoisotopic (exact) mass is 587 g/mol. The van der Waals surface area contributed by atoms with E-state index in [0.717, 1.165) is 27.5 Å². The second kappa shape index (κ2) is 10.4. The van der Waals surface area contributed by atoms with Gasteiger partial charge in [-0.05, 0) is 58.1 Å². The summed E-state index contributed by atoms with van der Waals surface area (Å²) in [5.74, 6) is 0. The van der Waals surface area contributed by atoms with Crippen LogP contribution in [0, 0.1) is 0 Å². The fourth-order valence-corrected chi connectivity index (χ4v) is 7.80. The Hall–Kier alpha value is -4.78. The number of fused-ring (bicyclic) bond motifs is 6. The molecule has 1 fully saturated rings. The Morgan fingerprint density at radius 1 is 0.455 bits per heavy atom. The maximum absolute atomic E-state index is 6.47. The van der Waals surface area contributed by atoms with Gasteiger partial charge in [-0.1, -0.05) is 109 Å². The minimum Gasteiger partial charge on any atom is -0.456 e. The summed E-state index contributed by atoms with van der Waals surface area (Å²) in [6.45, 7) is 0. The fourth-order valence-electron chi connectivity index (χ4n) is 6.67. The van der Waals surface area contributed by atoms with Crippen molar-refractivity contribution in [2.75, 3.05) is 0 Å². The Balaban J connectivity index is 1.11. The SMILES string of the molecule is c1ccc(C2NC(c3ccccc3)NC(c3ccc4c(c3)oc3ccc(-c5cccc6sc7ccccc7c56)cc34)N2)cc1. The van der Waals surface area contributed by atoms with Crippen LogP contribution in [-0.2, 0) is 0 Å². The summed E-state index contributed by atoms with van der Waals surface area (Å²) < 4.78 is 9.11. The summed E-state index contributed by atoms with van der Waals surface area (Å²) in [5, 5.41) is 16.2. The maximum Gasteiger partial charge on any atom is 0.135 e. The van der Waals surface area contributed by atoms with E-state index in [1.165, 1.54) is 42.4 Å². The van der Waals surface area contributed by atoms with Crippen LogP contribution in [0.25, 0.3) is 53.2 Å². The molecule has 1 aliphatic heterocycles. The van der Waals surface area contributed by atoms with E-state index in [-0.39, 0.29) is 18.5 Å². The van der Waals surface area contributed by atoms with Crippen molar-refractivity contribution in [1.29, 1.82) is 0 Å². The molecule has 2 atom stereocenters. The van der Waals surface area contributed by atoms with Crippen molar-refractivity contribution < 1.29 is 4.42 Å². The smallest absolute Gasteiger partial charge is 0.135 e. The number of hydrogen-bond acceptors (Lipinski definition) is 5. The highest BCUT2D eigenvalue weighted by Gasteiger charge is 2.30. The van der Waals surface area contributed by atoms with Gasteiger partial charge in [0.05, 0.1) is 18.5 Å². The lowest BCUT2D eigenvalue weighted by molar-refractivity contribution is 0.203. The van der Waals surface area contributed by atoms with Crippen LogP contribution in [0.2, 0.25) is 0 Å². The molecule has 212 valence electrons. The lowest BCUT2D eigenvalue weighted by Gasteiger charge is -2.39. The molecule has 0 radical (unpaired) electrons. The minimum absolute atomic E-state index is 0.0162. The third kappa shape index (κ3) is 4.33. The van der Waals surface area contributed by atoms with Crippen molar-refractivity contribution in [2.45, 2.75) is 18.5 Å². The molecule has 2 aromatic heterocycles. The normalized spacial score (nSPS) is 18.9. The maximum atomic E-state index is 6.47. The van der Waals surface area contributed by atoms with Crippen LogP contribution >= 0.6 is 11.3 Å². The predicted octanol–water partition coefficient (Wildman–Crippen LogP) is 9.80. The van der Waals surface area contributed by atoms with Crippen LogP contribution in [-0.4, -0.2) is 0 Å². The van der Waals surface area contributed by atoms with Crippen LogP contribution in [0.1, 0.15) is 35.2 Å². The first-order valence-electron chi connectivity index (χ1n) is 15.0. The molecule has 9 rings (SSSR count). The third-order valence-corrected chi connectivity index (χ3v) is 9.94. The molecule has 8 aromatic rings. The van der Waals surface area contributed by atoms with Crippen molar-refractivity contribution in [2.24, 2.45) is 0 Å². The Morgan fingerprint density at radius 3 is 1.86 bits per heavy atom. The highest BCUT2D eigenvalue weighted by Crippen LogP contribution is 2.41. The first kappa shape index (κ1) is 25.7. The molecule has 0 aliphatic carbocycles. The van der Waals surface area contributed by atoms with Crippen molar-refractivity contribution in [3.05, 3.63) is 156 Å². The van der Waals surface area contributed by atoms with E-state index >= 15 is 0 Å². The number of benzene rings is 6. The molecule has 0 saturated carbocycles. The first-order chi connectivity index (χ1) is 21.8. The Kier molecular flexibility index (Phi) is 6.10. The molecule has 2 unspecified atom stereocenters. The zero-order chi connectivity index (χ0) is 29.0. The zero-order valence-electron chi connectivity index (χ0n) is 23.8. The van der Waals surface area contributed by atoms with E-state index in [4.69, 9.17) is 4.42 Å². The lowest BCUT2D eigenvalue weighted by atomic mass is 9.97. The van der Waals surface area contributed by atoms with Crippen LogP contribution < -0.4 is 16.0 Å². The molecule has 3 N–H and O–H groups in total. The molecular weight excluding hydrogens is 559 g/mol. The summed E-state index contributed by atoms with van der Waals surface area (Å²) in [6, 6.07) is 49.7. The van der Waals surface area contributed by atoms with Gasteiger partial charge in [0.1, 0.15) is 11.2 Å². The highest BCUT2D eigenvalue weighted by molar-refractivity contribution is 7.25. The fraction of sp³-hybridized carbons (Fsp3) is 0.0769. The van der Waals surface area contributed by atoms with E-state index in [0.29, 0.717) is 0 Å². The second-order valence-corrected chi connectivity index (χ2v) is 12.5. The topological polar surface area (TPSA) is 49.2 Å².